The fourth-order valence-corrected chi connectivity index (χ4v) is 2.27. The molecule has 0 aliphatic carbocycles. The first-order chi connectivity index (χ1) is 9.66. The first-order valence-electron chi connectivity index (χ1n) is 7.26. The Labute approximate surface area is 120 Å². The van der Waals surface area contributed by atoms with E-state index in [4.69, 9.17) is 4.74 Å². The lowest BCUT2D eigenvalue weighted by atomic mass is 10.2. The van der Waals surface area contributed by atoms with Crippen LogP contribution in [0.4, 0.5) is 0 Å². The summed E-state index contributed by atoms with van der Waals surface area (Å²) >= 11 is 0. The van der Waals surface area contributed by atoms with Gasteiger partial charge in [0.05, 0.1) is 12.6 Å². The molecule has 1 N–H and O–H groups in total. The normalized spacial score (nSPS) is 14.8. The molecule has 2 rings (SSSR count). The highest BCUT2D eigenvalue weighted by atomic mass is 16.5. The number of likely N-dealkylation sites (tertiary alicyclic amines) is 1. The molecule has 0 spiro atoms. The number of pyridine rings is 1. The van der Waals surface area contributed by atoms with Crippen LogP contribution in [0, 0.1) is 0 Å². The van der Waals surface area contributed by atoms with E-state index in [1.807, 2.05) is 30.9 Å². The van der Waals surface area contributed by atoms with Gasteiger partial charge >= 0.3 is 0 Å². The van der Waals surface area contributed by atoms with Crippen molar-refractivity contribution in [1.29, 1.82) is 0 Å². The van der Waals surface area contributed by atoms with Crippen LogP contribution in [-0.2, 0) is 11.3 Å². The maximum absolute atomic E-state index is 11.9. The van der Waals surface area contributed by atoms with Crippen LogP contribution in [0.3, 0.4) is 0 Å². The minimum Gasteiger partial charge on any atom is -0.475 e. The van der Waals surface area contributed by atoms with Crippen molar-refractivity contribution in [2.75, 3.05) is 19.6 Å². The van der Waals surface area contributed by atoms with Crippen LogP contribution in [0.5, 0.6) is 5.88 Å². The summed E-state index contributed by atoms with van der Waals surface area (Å²) in [6.07, 6.45) is 4.06. The summed E-state index contributed by atoms with van der Waals surface area (Å²) < 4.78 is 5.66. The Kier molecular flexibility index (Phi) is 5.35. The molecule has 1 aliphatic rings. The van der Waals surface area contributed by atoms with Crippen molar-refractivity contribution in [3.8, 4) is 5.88 Å². The van der Waals surface area contributed by atoms with Gasteiger partial charge in [-0.2, -0.15) is 0 Å². The van der Waals surface area contributed by atoms with Gasteiger partial charge in [0.25, 0.3) is 0 Å². The Morgan fingerprint density at radius 1 is 1.45 bits per heavy atom. The number of nitrogens with one attached hydrogen (secondary N) is 1. The lowest BCUT2D eigenvalue weighted by molar-refractivity contribution is -0.129. The predicted molar refractivity (Wildman–Crippen MR) is 77.5 cm³/mol. The predicted octanol–water partition coefficient (Wildman–Crippen LogP) is 1.58. The first-order valence-corrected chi connectivity index (χ1v) is 7.26. The fourth-order valence-electron chi connectivity index (χ4n) is 2.27. The molecule has 0 saturated carbocycles. The standard InChI is InChI=1S/C15H23N3O2/c1-12(2)20-15-13(6-5-7-17-15)10-16-11-14(19)18-8-3-4-9-18/h5-7,12,16H,3-4,8-11H2,1-2H3. The Balaban J connectivity index is 1.82. The van der Waals surface area contributed by atoms with Gasteiger partial charge in [-0.15, -0.1) is 0 Å². The van der Waals surface area contributed by atoms with Crippen molar-refractivity contribution >= 4 is 5.91 Å². The van der Waals surface area contributed by atoms with Crippen LogP contribution in [0.2, 0.25) is 0 Å². The average Bonchev–Trinajstić information content (AvgIpc) is 2.94. The quantitative estimate of drug-likeness (QED) is 0.858. The van der Waals surface area contributed by atoms with E-state index >= 15 is 0 Å². The summed E-state index contributed by atoms with van der Waals surface area (Å²) in [4.78, 5) is 18.1. The smallest absolute Gasteiger partial charge is 0.236 e. The number of carbonyl (C=O) groups is 1. The van der Waals surface area contributed by atoms with Crippen molar-refractivity contribution in [2.24, 2.45) is 0 Å². The second kappa shape index (κ2) is 7.24. The van der Waals surface area contributed by atoms with Gasteiger partial charge < -0.3 is 15.0 Å². The van der Waals surface area contributed by atoms with E-state index in [1.165, 1.54) is 0 Å². The molecule has 1 saturated heterocycles. The third-order valence-electron chi connectivity index (χ3n) is 3.25. The van der Waals surface area contributed by atoms with Crippen LogP contribution in [0.15, 0.2) is 18.3 Å². The summed E-state index contributed by atoms with van der Waals surface area (Å²) in [6, 6.07) is 3.85. The second-order valence-electron chi connectivity index (χ2n) is 5.33. The Bertz CT molecular complexity index is 442. The van der Waals surface area contributed by atoms with Gasteiger partial charge in [0.1, 0.15) is 0 Å². The topological polar surface area (TPSA) is 54.5 Å². The highest BCUT2D eigenvalue weighted by molar-refractivity contribution is 5.78. The van der Waals surface area contributed by atoms with Crippen molar-refractivity contribution in [3.05, 3.63) is 23.9 Å². The van der Waals surface area contributed by atoms with E-state index in [9.17, 15) is 4.79 Å². The van der Waals surface area contributed by atoms with Gasteiger partial charge in [0.2, 0.25) is 11.8 Å². The molecule has 110 valence electrons. The van der Waals surface area contributed by atoms with Gasteiger partial charge in [-0.3, -0.25) is 4.79 Å². The molecule has 0 aromatic carbocycles. The summed E-state index contributed by atoms with van der Waals surface area (Å²) in [5, 5.41) is 3.18. The van der Waals surface area contributed by atoms with E-state index < -0.39 is 0 Å². The molecule has 0 unspecified atom stereocenters. The number of hydrogen-bond acceptors (Lipinski definition) is 4. The van der Waals surface area contributed by atoms with Gasteiger partial charge in [-0.25, -0.2) is 4.98 Å². The van der Waals surface area contributed by atoms with E-state index in [0.29, 0.717) is 19.0 Å². The molecule has 1 amide bonds. The Hall–Kier alpha value is -1.62. The molecule has 0 atom stereocenters. The summed E-state index contributed by atoms with van der Waals surface area (Å²) in [6.45, 7) is 6.71. The molecule has 2 heterocycles. The molecule has 0 bridgehead atoms. The SMILES string of the molecule is CC(C)Oc1ncccc1CNCC(=O)N1CCCC1. The van der Waals surface area contributed by atoms with Crippen LogP contribution in [0.1, 0.15) is 32.3 Å². The molecule has 1 fully saturated rings. The summed E-state index contributed by atoms with van der Waals surface area (Å²) in [5.41, 5.74) is 0.982. The van der Waals surface area contributed by atoms with Crippen molar-refractivity contribution in [2.45, 2.75) is 39.3 Å². The summed E-state index contributed by atoms with van der Waals surface area (Å²) in [5.74, 6) is 0.821. The largest absolute Gasteiger partial charge is 0.475 e. The van der Waals surface area contributed by atoms with Crippen LogP contribution >= 0.6 is 0 Å². The van der Waals surface area contributed by atoms with E-state index in [-0.39, 0.29) is 12.0 Å². The van der Waals surface area contributed by atoms with E-state index in [1.54, 1.807) is 6.20 Å². The first kappa shape index (κ1) is 14.8. The molecule has 1 aromatic heterocycles. The van der Waals surface area contributed by atoms with Gasteiger partial charge in [-0.1, -0.05) is 6.07 Å². The third-order valence-corrected chi connectivity index (χ3v) is 3.25. The zero-order valence-corrected chi connectivity index (χ0v) is 12.3. The molecule has 20 heavy (non-hydrogen) atoms. The van der Waals surface area contributed by atoms with E-state index in [2.05, 4.69) is 10.3 Å². The number of aromatic nitrogens is 1. The lowest BCUT2D eigenvalue weighted by Gasteiger charge is -2.16. The monoisotopic (exact) mass is 277 g/mol. The van der Waals surface area contributed by atoms with Crippen LogP contribution < -0.4 is 10.1 Å². The molecule has 5 nitrogen and oxygen atoms in total. The Morgan fingerprint density at radius 2 is 2.20 bits per heavy atom. The molecule has 1 aromatic rings. The van der Waals surface area contributed by atoms with Crippen molar-refractivity contribution in [3.63, 3.8) is 0 Å². The number of nitrogens with zero attached hydrogens (tertiary/aromatic N) is 2. The molecule has 1 aliphatic heterocycles. The third kappa shape index (κ3) is 4.20. The second-order valence-corrected chi connectivity index (χ2v) is 5.33. The van der Waals surface area contributed by atoms with Crippen molar-refractivity contribution in [1.82, 2.24) is 15.2 Å². The number of ether oxygens (including phenoxy) is 1. The van der Waals surface area contributed by atoms with Crippen molar-refractivity contribution < 1.29 is 9.53 Å². The fraction of sp³-hybridized carbons (Fsp3) is 0.600. The maximum atomic E-state index is 11.9. The van der Waals surface area contributed by atoms with Gasteiger partial charge in [-0.05, 0) is 32.8 Å². The highest BCUT2D eigenvalue weighted by Crippen LogP contribution is 2.15. The Morgan fingerprint density at radius 3 is 2.90 bits per heavy atom. The molecular weight excluding hydrogens is 254 g/mol. The van der Waals surface area contributed by atoms with Gasteiger partial charge in [0.15, 0.2) is 0 Å². The van der Waals surface area contributed by atoms with Gasteiger partial charge in [0, 0.05) is 31.4 Å². The maximum Gasteiger partial charge on any atom is 0.236 e. The minimum absolute atomic E-state index is 0.0925. The number of rotatable bonds is 6. The zero-order chi connectivity index (χ0) is 14.4. The summed E-state index contributed by atoms with van der Waals surface area (Å²) in [7, 11) is 0. The number of hydrogen-bond donors (Lipinski definition) is 1. The molecular formula is C15H23N3O2. The van der Waals surface area contributed by atoms with Crippen LogP contribution in [-0.4, -0.2) is 41.5 Å². The molecule has 5 heteroatoms. The lowest BCUT2D eigenvalue weighted by Crippen LogP contribution is -2.36. The minimum atomic E-state index is 0.0925. The molecule has 0 radical (unpaired) electrons. The zero-order valence-electron chi connectivity index (χ0n) is 12.3. The van der Waals surface area contributed by atoms with Crippen LogP contribution in [0.25, 0.3) is 0 Å². The number of carbonyl (C=O) groups excluding carboxylic acids is 1. The highest BCUT2D eigenvalue weighted by Gasteiger charge is 2.17. The average molecular weight is 277 g/mol. The van der Waals surface area contributed by atoms with E-state index in [0.717, 1.165) is 31.5 Å². The number of amides is 1.